The summed E-state index contributed by atoms with van der Waals surface area (Å²) in [7, 11) is 4.28. The summed E-state index contributed by atoms with van der Waals surface area (Å²) < 4.78 is 3.63. The van der Waals surface area contributed by atoms with Crippen molar-refractivity contribution in [2.45, 2.75) is 27.3 Å². The van der Waals surface area contributed by atoms with Gasteiger partial charge in [0.05, 0.1) is 0 Å². The van der Waals surface area contributed by atoms with Crippen LogP contribution in [0, 0.1) is 6.92 Å². The van der Waals surface area contributed by atoms with Crippen LogP contribution < -0.4 is 9.47 Å². The molecule has 0 amide bonds. The number of allylic oxidation sites excluding steroid dienone is 4. The van der Waals surface area contributed by atoms with Crippen LogP contribution in [0.25, 0.3) is 27.4 Å². The summed E-state index contributed by atoms with van der Waals surface area (Å²) in [5.41, 5.74) is 10.1. The largest absolute Gasteiger partial charge is 0.351 e. The second kappa shape index (κ2) is 10.9. The highest BCUT2D eigenvalue weighted by Crippen LogP contribution is 2.35. The van der Waals surface area contributed by atoms with E-state index >= 15 is 0 Å². The molecule has 4 heteroatoms. The molecule has 0 saturated carbocycles. The van der Waals surface area contributed by atoms with Crippen LogP contribution >= 0.6 is 11.3 Å². The monoisotopic (exact) mass is 506 g/mol. The van der Waals surface area contributed by atoms with Gasteiger partial charge in [0.25, 0.3) is 5.01 Å². The third-order valence-electron chi connectivity index (χ3n) is 7.27. The Hall–Kier alpha value is -3.47. The molecule has 1 aromatic heterocycles. The van der Waals surface area contributed by atoms with E-state index in [1.165, 1.54) is 54.3 Å². The molecule has 0 fully saturated rings. The van der Waals surface area contributed by atoms with Crippen LogP contribution in [0.4, 0.5) is 5.69 Å². The standard InChI is InChI=1S/C33H36N3S/c1-6-36(7-2)23-25-13-15-26(16-14-25)28(21-27-18-19-34(4)30-11-9-8-10-29(27)30)22-33-35(5)31-20-24(3)12-17-32(31)37-33/h8-22H,6-7,23H2,1-5H3/q+1. The molecule has 0 radical (unpaired) electrons. The van der Waals surface area contributed by atoms with Crippen LogP contribution in [-0.2, 0) is 13.6 Å². The van der Waals surface area contributed by atoms with Crippen molar-refractivity contribution in [3.8, 4) is 0 Å². The summed E-state index contributed by atoms with van der Waals surface area (Å²) in [5, 5.41) is 1.24. The minimum atomic E-state index is 0.987. The average molecular weight is 507 g/mol. The van der Waals surface area contributed by atoms with Crippen molar-refractivity contribution in [3.05, 3.63) is 112 Å². The number of benzene rings is 3. The van der Waals surface area contributed by atoms with Gasteiger partial charge < -0.3 is 4.90 Å². The van der Waals surface area contributed by atoms with Crippen LogP contribution in [0.15, 0.2) is 85.1 Å². The number of nitrogens with zero attached hydrogens (tertiary/aromatic N) is 3. The van der Waals surface area contributed by atoms with Crippen molar-refractivity contribution < 1.29 is 4.57 Å². The molecule has 0 bridgehead atoms. The van der Waals surface area contributed by atoms with Crippen LogP contribution in [0.2, 0.25) is 0 Å². The van der Waals surface area contributed by atoms with Crippen LogP contribution in [0.1, 0.15) is 41.1 Å². The van der Waals surface area contributed by atoms with Gasteiger partial charge in [0.15, 0.2) is 0 Å². The minimum Gasteiger partial charge on any atom is -0.351 e. The summed E-state index contributed by atoms with van der Waals surface area (Å²) in [6.45, 7) is 9.73. The molecule has 0 spiro atoms. The van der Waals surface area contributed by atoms with Crippen LogP contribution in [0.3, 0.4) is 0 Å². The van der Waals surface area contributed by atoms with Gasteiger partial charge >= 0.3 is 0 Å². The molecule has 3 nitrogen and oxygen atoms in total. The Kier molecular flexibility index (Phi) is 7.40. The van der Waals surface area contributed by atoms with Gasteiger partial charge in [-0.1, -0.05) is 73.7 Å². The predicted octanol–water partition coefficient (Wildman–Crippen LogP) is 7.46. The van der Waals surface area contributed by atoms with E-state index < -0.39 is 0 Å². The van der Waals surface area contributed by atoms with Crippen LogP contribution in [-0.4, -0.2) is 25.0 Å². The topological polar surface area (TPSA) is 10.4 Å². The van der Waals surface area contributed by atoms with Crippen molar-refractivity contribution in [2.24, 2.45) is 7.05 Å². The first kappa shape index (κ1) is 25.2. The fourth-order valence-corrected chi connectivity index (χ4v) is 6.02. The molecule has 3 aromatic carbocycles. The fraction of sp³-hybridized carbons (Fsp3) is 0.242. The Morgan fingerprint density at radius 3 is 2.51 bits per heavy atom. The second-order valence-electron chi connectivity index (χ2n) is 9.77. The number of hydrogen-bond donors (Lipinski definition) is 0. The number of fused-ring (bicyclic) bond motifs is 2. The van der Waals surface area contributed by atoms with E-state index in [0.717, 1.165) is 19.6 Å². The summed E-state index contributed by atoms with van der Waals surface area (Å²) >= 11 is 1.85. The Bertz CT molecular complexity index is 1500. The molecule has 1 aliphatic heterocycles. The van der Waals surface area contributed by atoms with Crippen molar-refractivity contribution >= 4 is 44.5 Å². The first-order valence-electron chi connectivity index (χ1n) is 13.1. The predicted molar refractivity (Wildman–Crippen MR) is 161 cm³/mol. The zero-order chi connectivity index (χ0) is 25.9. The average Bonchev–Trinajstić information content (AvgIpc) is 3.23. The molecule has 5 rings (SSSR count). The molecule has 37 heavy (non-hydrogen) atoms. The van der Waals surface area contributed by atoms with Gasteiger partial charge in [-0.3, -0.25) is 4.90 Å². The number of rotatable bonds is 7. The zero-order valence-electron chi connectivity index (χ0n) is 22.5. The van der Waals surface area contributed by atoms with Gasteiger partial charge in [0, 0.05) is 43.2 Å². The van der Waals surface area contributed by atoms with E-state index in [4.69, 9.17) is 0 Å². The molecule has 188 valence electrons. The van der Waals surface area contributed by atoms with Gasteiger partial charge in [0.2, 0.25) is 5.52 Å². The number of aryl methyl sites for hydroxylation is 2. The first-order valence-corrected chi connectivity index (χ1v) is 13.9. The maximum absolute atomic E-state index is 2.45. The molecule has 0 N–H and O–H groups in total. The fourth-order valence-electron chi connectivity index (χ4n) is 4.93. The summed E-state index contributed by atoms with van der Waals surface area (Å²) in [5.74, 6) is 0. The number of anilines is 1. The lowest BCUT2D eigenvalue weighted by Gasteiger charge is -2.24. The summed E-state index contributed by atoms with van der Waals surface area (Å²) in [6, 6.07) is 24.5. The Balaban J connectivity index is 1.62. The number of para-hydroxylation sites is 1. The van der Waals surface area contributed by atoms with E-state index in [9.17, 15) is 0 Å². The molecule has 2 heterocycles. The Labute approximate surface area is 225 Å². The van der Waals surface area contributed by atoms with Gasteiger partial charge in [-0.15, -0.1) is 0 Å². The lowest BCUT2D eigenvalue weighted by atomic mass is 9.95. The number of hydrogen-bond acceptors (Lipinski definition) is 3. The highest BCUT2D eigenvalue weighted by atomic mass is 32.1. The van der Waals surface area contributed by atoms with Crippen molar-refractivity contribution in [1.82, 2.24) is 4.90 Å². The number of aromatic nitrogens is 1. The number of thiazole rings is 1. The SMILES string of the molecule is CCN(CC)Cc1ccc(C(=C\c2sc3ccc(C)cc3[n+]2C)/C=C2\C=CN(C)c3ccccc32)cc1. The Morgan fingerprint density at radius 2 is 1.76 bits per heavy atom. The first-order chi connectivity index (χ1) is 18.0. The lowest BCUT2D eigenvalue weighted by molar-refractivity contribution is -0.642. The second-order valence-corrected chi connectivity index (χ2v) is 10.8. The molecule has 0 aliphatic carbocycles. The quantitative estimate of drug-likeness (QED) is 0.241. The lowest BCUT2D eigenvalue weighted by Crippen LogP contribution is -2.29. The van der Waals surface area contributed by atoms with Gasteiger partial charge in [-0.05, 0) is 72.1 Å². The smallest absolute Gasteiger partial charge is 0.263 e. The molecule has 0 saturated heterocycles. The van der Waals surface area contributed by atoms with Gasteiger partial charge in [-0.25, -0.2) is 0 Å². The van der Waals surface area contributed by atoms with E-state index in [-0.39, 0.29) is 0 Å². The van der Waals surface area contributed by atoms with E-state index in [2.05, 4.69) is 140 Å². The van der Waals surface area contributed by atoms with E-state index in [1.807, 2.05) is 11.3 Å². The highest BCUT2D eigenvalue weighted by Gasteiger charge is 2.18. The molecular weight excluding hydrogens is 470 g/mol. The van der Waals surface area contributed by atoms with E-state index in [0.29, 0.717) is 0 Å². The van der Waals surface area contributed by atoms with Gasteiger partial charge in [-0.2, -0.15) is 4.57 Å². The van der Waals surface area contributed by atoms with E-state index in [1.54, 1.807) is 0 Å². The van der Waals surface area contributed by atoms with Crippen LogP contribution in [0.5, 0.6) is 0 Å². The zero-order valence-corrected chi connectivity index (χ0v) is 23.3. The highest BCUT2D eigenvalue weighted by molar-refractivity contribution is 7.18. The van der Waals surface area contributed by atoms with Gasteiger partial charge in [0.1, 0.15) is 11.7 Å². The third kappa shape index (κ3) is 5.31. The minimum absolute atomic E-state index is 0.987. The normalized spacial score (nSPS) is 14.7. The molecule has 0 atom stereocenters. The van der Waals surface area contributed by atoms with Crippen molar-refractivity contribution in [2.75, 3.05) is 25.0 Å². The third-order valence-corrected chi connectivity index (χ3v) is 8.44. The maximum atomic E-state index is 2.45. The summed E-state index contributed by atoms with van der Waals surface area (Å²) in [4.78, 5) is 4.64. The molecule has 0 unspecified atom stereocenters. The van der Waals surface area contributed by atoms with Crippen molar-refractivity contribution in [1.29, 1.82) is 0 Å². The molecule has 4 aromatic rings. The maximum Gasteiger partial charge on any atom is 0.263 e. The molecular formula is C33H36N3S+. The van der Waals surface area contributed by atoms with Crippen molar-refractivity contribution in [3.63, 3.8) is 0 Å². The molecule has 1 aliphatic rings. The Morgan fingerprint density at radius 1 is 1.00 bits per heavy atom. The summed E-state index contributed by atoms with van der Waals surface area (Å²) in [6.07, 6.45) is 9.07.